The van der Waals surface area contributed by atoms with Crippen LogP contribution >= 0.6 is 0 Å². The van der Waals surface area contributed by atoms with Crippen molar-refractivity contribution in [1.82, 2.24) is 19.8 Å². The molecular weight excluding hydrogens is 681 g/mol. The topological polar surface area (TPSA) is 103 Å². The summed E-state index contributed by atoms with van der Waals surface area (Å²) >= 11 is 0. The van der Waals surface area contributed by atoms with Crippen LogP contribution in [-0.4, -0.2) is 84.2 Å². The van der Waals surface area contributed by atoms with Gasteiger partial charge < -0.3 is 18.9 Å². The Labute approximate surface area is 316 Å². The van der Waals surface area contributed by atoms with Gasteiger partial charge in [-0.2, -0.15) is 0 Å². The van der Waals surface area contributed by atoms with Gasteiger partial charge in [-0.25, -0.2) is 0 Å². The summed E-state index contributed by atoms with van der Waals surface area (Å²) in [6.07, 6.45) is 6.65. The summed E-state index contributed by atoms with van der Waals surface area (Å²) in [5, 5.41) is 1.87. The van der Waals surface area contributed by atoms with Gasteiger partial charge in [0.05, 0.1) is 37.3 Å². The third-order valence-corrected chi connectivity index (χ3v) is 12.0. The SMILES string of the molecule is COc1ccc2nccc([C@H](OC(C)=O)[C@H]3C[C@@H]4CCN3C[C@@H]4C#CC#C[C@H]3CN4CC[C@H]3C[C@@H]4[C@@H](OC(C)=O)c3ccnc4ccc(OC)cc34)c2c1. The first-order chi connectivity index (χ1) is 26.3. The molecule has 278 valence electrons. The number of methoxy groups -OCH3 is 2. The van der Waals surface area contributed by atoms with Crippen molar-refractivity contribution in [1.29, 1.82) is 0 Å². The van der Waals surface area contributed by atoms with Crippen molar-refractivity contribution in [2.24, 2.45) is 23.7 Å². The first-order valence-electron chi connectivity index (χ1n) is 19.0. The monoisotopic (exact) mass is 726 g/mol. The van der Waals surface area contributed by atoms with E-state index in [-0.39, 0.29) is 35.9 Å². The number of nitrogens with zero attached hydrogens (tertiary/aromatic N) is 4. The second-order valence-electron chi connectivity index (χ2n) is 15.1. The number of carbonyl (C=O) groups is 2. The molecule has 6 saturated heterocycles. The van der Waals surface area contributed by atoms with Gasteiger partial charge in [0.2, 0.25) is 0 Å². The highest BCUT2D eigenvalue weighted by molar-refractivity contribution is 5.85. The van der Waals surface area contributed by atoms with Gasteiger partial charge in [-0.1, -0.05) is 11.8 Å². The van der Waals surface area contributed by atoms with Gasteiger partial charge in [-0.3, -0.25) is 29.4 Å². The van der Waals surface area contributed by atoms with E-state index in [0.717, 1.165) is 96.3 Å². The average molecular weight is 727 g/mol. The third kappa shape index (κ3) is 7.09. The van der Waals surface area contributed by atoms with Gasteiger partial charge in [0.25, 0.3) is 0 Å². The van der Waals surface area contributed by atoms with E-state index in [2.05, 4.69) is 43.4 Å². The molecule has 4 aromatic rings. The smallest absolute Gasteiger partial charge is 0.303 e. The van der Waals surface area contributed by atoms with E-state index in [0.29, 0.717) is 11.8 Å². The molecule has 10 nitrogen and oxygen atoms in total. The minimum atomic E-state index is -0.419. The summed E-state index contributed by atoms with van der Waals surface area (Å²) in [7, 11) is 3.30. The molecule has 2 aromatic heterocycles. The second kappa shape index (κ2) is 15.3. The molecule has 0 aliphatic carbocycles. The standard InChI is InChI=1S/C44H46N4O6/c1-27(49)53-43(35-13-17-45-39-11-9-33(51-3)23-37(35)39)41-21-29-15-19-47(41)25-31(29)7-5-6-8-32-26-48-20-16-30(32)22-42(48)44(54-28(2)50)36-14-18-46-40-12-10-34(52-4)24-38(36)40/h9-14,17-18,23-24,29-32,41-44H,15-16,19-22,25-26H2,1-4H3/t29-,30-,31-,32-,41+,42+,43-,44-/m0/s1. The predicted molar refractivity (Wildman–Crippen MR) is 204 cm³/mol. The molecule has 2 aromatic carbocycles. The summed E-state index contributed by atoms with van der Waals surface area (Å²) < 4.78 is 23.2. The third-order valence-electron chi connectivity index (χ3n) is 12.0. The van der Waals surface area contributed by atoms with Crippen LogP contribution in [0.15, 0.2) is 60.9 Å². The van der Waals surface area contributed by atoms with Crippen molar-refractivity contribution >= 4 is 33.7 Å². The lowest BCUT2D eigenvalue weighted by Gasteiger charge is -2.50. The van der Waals surface area contributed by atoms with E-state index in [9.17, 15) is 9.59 Å². The average Bonchev–Trinajstić information content (AvgIpc) is 3.20. The van der Waals surface area contributed by atoms with Crippen LogP contribution in [0.2, 0.25) is 0 Å². The Kier molecular flexibility index (Phi) is 10.2. The number of esters is 2. The minimum absolute atomic E-state index is 0.0522. The zero-order valence-electron chi connectivity index (χ0n) is 31.3. The van der Waals surface area contributed by atoms with E-state index in [1.165, 1.54) is 13.8 Å². The molecular formula is C44H46N4O6. The largest absolute Gasteiger partial charge is 0.497 e. The molecule has 54 heavy (non-hydrogen) atoms. The summed E-state index contributed by atoms with van der Waals surface area (Å²) in [4.78, 5) is 38.9. The Hall–Kier alpha value is -5.16. The number of piperidine rings is 6. The van der Waals surface area contributed by atoms with Crippen molar-refractivity contribution in [3.63, 3.8) is 0 Å². The molecule has 10 heteroatoms. The lowest BCUT2D eigenvalue weighted by molar-refractivity contribution is -0.155. The first-order valence-corrected chi connectivity index (χ1v) is 19.0. The van der Waals surface area contributed by atoms with Crippen LogP contribution in [0.3, 0.4) is 0 Å². The number of ether oxygens (including phenoxy) is 4. The number of hydrogen-bond donors (Lipinski definition) is 0. The van der Waals surface area contributed by atoms with Crippen molar-refractivity contribution in [3.05, 3.63) is 72.1 Å². The number of carbonyl (C=O) groups excluding carboxylic acids is 2. The number of aromatic nitrogens is 2. The fourth-order valence-corrected chi connectivity index (χ4v) is 9.45. The molecule has 6 fully saturated rings. The van der Waals surface area contributed by atoms with Gasteiger partial charge in [-0.15, -0.1) is 0 Å². The zero-order chi connectivity index (χ0) is 37.3. The fraction of sp³-hybridized carbons (Fsp3) is 0.455. The van der Waals surface area contributed by atoms with Crippen LogP contribution in [0, 0.1) is 47.4 Å². The minimum Gasteiger partial charge on any atom is -0.497 e. The molecule has 6 aliphatic heterocycles. The van der Waals surface area contributed by atoms with Crippen LogP contribution in [0.1, 0.15) is 62.9 Å². The molecule has 10 atom stereocenters. The Morgan fingerprint density at radius 1 is 0.685 bits per heavy atom. The highest BCUT2D eigenvalue weighted by Gasteiger charge is 2.46. The molecule has 0 N–H and O–H groups in total. The van der Waals surface area contributed by atoms with Crippen LogP contribution in [0.5, 0.6) is 11.5 Å². The fourth-order valence-electron chi connectivity index (χ4n) is 9.45. The predicted octanol–water partition coefficient (Wildman–Crippen LogP) is 6.14. The molecule has 2 unspecified atom stereocenters. The molecule has 8 heterocycles. The number of rotatable bonds is 8. The Morgan fingerprint density at radius 2 is 1.13 bits per heavy atom. The van der Waals surface area contributed by atoms with E-state index >= 15 is 0 Å². The maximum Gasteiger partial charge on any atom is 0.303 e. The van der Waals surface area contributed by atoms with E-state index < -0.39 is 12.2 Å². The van der Waals surface area contributed by atoms with Gasteiger partial charge in [0.1, 0.15) is 23.7 Å². The Morgan fingerprint density at radius 3 is 1.50 bits per heavy atom. The van der Waals surface area contributed by atoms with Crippen molar-refractivity contribution in [2.45, 2.75) is 63.8 Å². The van der Waals surface area contributed by atoms with Crippen LogP contribution < -0.4 is 9.47 Å². The van der Waals surface area contributed by atoms with Crippen molar-refractivity contribution in [2.75, 3.05) is 40.4 Å². The highest BCUT2D eigenvalue weighted by Crippen LogP contribution is 2.45. The van der Waals surface area contributed by atoms with E-state index in [4.69, 9.17) is 18.9 Å². The second-order valence-corrected chi connectivity index (χ2v) is 15.1. The molecule has 10 rings (SSSR count). The summed E-state index contributed by atoms with van der Waals surface area (Å²) in [5.41, 5.74) is 3.59. The first kappa shape index (κ1) is 35.8. The molecule has 0 saturated carbocycles. The number of pyridine rings is 2. The zero-order valence-corrected chi connectivity index (χ0v) is 31.3. The highest BCUT2D eigenvalue weighted by atomic mass is 16.5. The summed E-state index contributed by atoms with van der Waals surface area (Å²) in [6, 6.07) is 15.7. The molecule has 6 aliphatic rings. The van der Waals surface area contributed by atoms with Crippen molar-refractivity contribution in [3.8, 4) is 35.2 Å². The number of fused-ring (bicyclic) bond motifs is 8. The van der Waals surface area contributed by atoms with Crippen LogP contribution in [0.25, 0.3) is 21.8 Å². The van der Waals surface area contributed by atoms with E-state index in [1.54, 1.807) is 26.6 Å². The maximum atomic E-state index is 12.4. The van der Waals surface area contributed by atoms with Gasteiger partial charge >= 0.3 is 11.9 Å². The Bertz CT molecular complexity index is 2050. The lowest BCUT2D eigenvalue weighted by Crippen LogP contribution is -2.55. The summed E-state index contributed by atoms with van der Waals surface area (Å²) in [6.45, 7) is 6.50. The molecule has 0 radical (unpaired) electrons. The quantitative estimate of drug-likeness (QED) is 0.156. The normalized spacial score (nSPS) is 27.9. The van der Waals surface area contributed by atoms with Crippen LogP contribution in [0.4, 0.5) is 0 Å². The van der Waals surface area contributed by atoms with Crippen LogP contribution in [-0.2, 0) is 19.1 Å². The molecule has 4 bridgehead atoms. The number of benzene rings is 2. The molecule has 0 amide bonds. The van der Waals surface area contributed by atoms with Gasteiger partial charge in [0, 0.05) is 73.1 Å². The number of hydrogen-bond acceptors (Lipinski definition) is 10. The lowest BCUT2D eigenvalue weighted by atomic mass is 9.73. The Balaban J connectivity index is 0.961. The van der Waals surface area contributed by atoms with Crippen molar-refractivity contribution < 1.29 is 28.5 Å². The van der Waals surface area contributed by atoms with Gasteiger partial charge in [0.15, 0.2) is 0 Å². The van der Waals surface area contributed by atoms with E-state index in [1.807, 2.05) is 48.5 Å². The molecule has 0 spiro atoms. The maximum absolute atomic E-state index is 12.4. The van der Waals surface area contributed by atoms with Gasteiger partial charge in [-0.05, 0) is 111 Å². The summed E-state index contributed by atoms with van der Waals surface area (Å²) in [5.74, 6) is 15.7.